The molecule has 0 aromatic heterocycles. The zero-order valence-electron chi connectivity index (χ0n) is 24.7. The summed E-state index contributed by atoms with van der Waals surface area (Å²) in [6.07, 6.45) is -1.53. The van der Waals surface area contributed by atoms with E-state index >= 15 is 0 Å². The molecule has 0 atom stereocenters. The average molecular weight is 625 g/mol. The van der Waals surface area contributed by atoms with Crippen LogP contribution in [0.25, 0.3) is 0 Å². The monoisotopic (exact) mass is 624 g/mol. The van der Waals surface area contributed by atoms with Crippen molar-refractivity contribution in [3.8, 4) is 11.5 Å². The van der Waals surface area contributed by atoms with Gasteiger partial charge in [-0.05, 0) is 50.2 Å². The predicted octanol–water partition coefficient (Wildman–Crippen LogP) is 5.29. The van der Waals surface area contributed by atoms with Crippen LogP contribution in [0.2, 0.25) is 0 Å². The summed E-state index contributed by atoms with van der Waals surface area (Å²) >= 11 is 0. The minimum absolute atomic E-state index is 0.00475. The van der Waals surface area contributed by atoms with E-state index in [0.717, 1.165) is 0 Å². The van der Waals surface area contributed by atoms with Gasteiger partial charge in [0.15, 0.2) is 11.6 Å². The van der Waals surface area contributed by atoms with E-state index in [4.69, 9.17) is 19.2 Å². The Morgan fingerprint density at radius 3 is 1.11 bits per heavy atom. The van der Waals surface area contributed by atoms with Gasteiger partial charge in [-0.25, -0.2) is 29.0 Å². The van der Waals surface area contributed by atoms with Gasteiger partial charge in [0.25, 0.3) is 0 Å². The molecular weight excluding hydrogens is 596 g/mol. The molecule has 0 aliphatic heterocycles. The fraction of sp³-hybridized carbons (Fsp3) is 0.118. The minimum Gasteiger partial charge on any atom is -0.410 e. The third-order valence-electron chi connectivity index (χ3n) is 6.29. The van der Waals surface area contributed by atoms with Crippen LogP contribution < -0.4 is 20.1 Å². The maximum Gasteiger partial charge on any atom is 0.412 e. The molecule has 0 saturated heterocycles. The fourth-order valence-corrected chi connectivity index (χ4v) is 4.22. The standard InChI is InChI=1S/C34H28N2O10/c1-3-35-33(41)43-27-19-11-9-17-25(27)29(37)21-13-5-7-15-23(21)31(39)45-46-32(40)24-16-8-6-14-22(24)30(38)26-18-10-12-20-28(26)44-34(42)36-4-2/h5-20H,3-4H2,1-2H3,(H,35,41)(H,36,42). The molecule has 0 aliphatic carbocycles. The van der Waals surface area contributed by atoms with E-state index in [1.807, 2.05) is 0 Å². The van der Waals surface area contributed by atoms with Crippen LogP contribution in [0.1, 0.15) is 66.4 Å². The fourth-order valence-electron chi connectivity index (χ4n) is 4.22. The third kappa shape index (κ3) is 7.80. The van der Waals surface area contributed by atoms with E-state index in [-0.39, 0.29) is 44.9 Å². The number of para-hydroxylation sites is 2. The molecule has 0 saturated carbocycles. The summed E-state index contributed by atoms with van der Waals surface area (Å²) in [5.74, 6) is -3.75. The highest BCUT2D eigenvalue weighted by Crippen LogP contribution is 2.26. The van der Waals surface area contributed by atoms with Gasteiger partial charge in [-0.1, -0.05) is 60.7 Å². The normalized spacial score (nSPS) is 10.2. The van der Waals surface area contributed by atoms with E-state index in [9.17, 15) is 28.8 Å². The van der Waals surface area contributed by atoms with E-state index in [1.54, 1.807) is 38.1 Å². The summed E-state index contributed by atoms with van der Waals surface area (Å²) in [5.41, 5.74) is -0.725. The Balaban J connectivity index is 1.53. The lowest BCUT2D eigenvalue weighted by Crippen LogP contribution is -2.27. The van der Waals surface area contributed by atoms with Crippen molar-refractivity contribution in [3.63, 3.8) is 0 Å². The lowest BCUT2D eigenvalue weighted by molar-refractivity contribution is -0.187. The maximum atomic E-state index is 13.5. The molecule has 46 heavy (non-hydrogen) atoms. The van der Waals surface area contributed by atoms with Crippen molar-refractivity contribution >= 4 is 35.7 Å². The minimum atomic E-state index is -1.18. The van der Waals surface area contributed by atoms with Gasteiger partial charge in [0.1, 0.15) is 11.5 Å². The van der Waals surface area contributed by atoms with Gasteiger partial charge in [0.2, 0.25) is 0 Å². The number of ether oxygens (including phenoxy) is 2. The average Bonchev–Trinajstić information content (AvgIpc) is 3.07. The highest BCUT2D eigenvalue weighted by atomic mass is 17.2. The first kappa shape index (κ1) is 32.6. The van der Waals surface area contributed by atoms with Crippen molar-refractivity contribution in [2.24, 2.45) is 0 Å². The number of carbonyl (C=O) groups is 6. The predicted molar refractivity (Wildman–Crippen MR) is 163 cm³/mol. The summed E-state index contributed by atoms with van der Waals surface area (Å²) < 4.78 is 10.5. The van der Waals surface area contributed by atoms with Gasteiger partial charge in [-0.2, -0.15) is 0 Å². The zero-order chi connectivity index (χ0) is 33.1. The quantitative estimate of drug-likeness (QED) is 0.135. The molecule has 2 amide bonds. The Labute approximate surface area is 263 Å². The van der Waals surface area contributed by atoms with E-state index < -0.39 is 35.7 Å². The number of ketones is 2. The molecule has 0 heterocycles. The molecule has 0 unspecified atom stereocenters. The van der Waals surface area contributed by atoms with Crippen LogP contribution in [0.5, 0.6) is 11.5 Å². The molecule has 234 valence electrons. The van der Waals surface area contributed by atoms with Crippen molar-refractivity contribution in [2.75, 3.05) is 13.1 Å². The van der Waals surface area contributed by atoms with Gasteiger partial charge in [0.05, 0.1) is 22.3 Å². The third-order valence-corrected chi connectivity index (χ3v) is 6.29. The highest BCUT2D eigenvalue weighted by molar-refractivity contribution is 6.17. The summed E-state index contributed by atoms with van der Waals surface area (Å²) in [6, 6.07) is 23.2. The molecule has 2 N–H and O–H groups in total. The molecule has 4 rings (SSSR count). The summed E-state index contributed by atoms with van der Waals surface area (Å²) in [6.45, 7) is 4.02. The largest absolute Gasteiger partial charge is 0.412 e. The molecular formula is C34H28N2O10. The Kier molecular flexibility index (Phi) is 10.9. The van der Waals surface area contributed by atoms with Crippen LogP contribution in [0.15, 0.2) is 97.1 Å². The molecule has 12 nitrogen and oxygen atoms in total. The van der Waals surface area contributed by atoms with Gasteiger partial charge in [-0.3, -0.25) is 9.59 Å². The summed E-state index contributed by atoms with van der Waals surface area (Å²) in [5, 5.41) is 4.93. The maximum absolute atomic E-state index is 13.5. The van der Waals surface area contributed by atoms with E-state index in [1.165, 1.54) is 72.8 Å². The number of amides is 2. The van der Waals surface area contributed by atoms with Gasteiger partial charge in [0, 0.05) is 24.2 Å². The molecule has 4 aromatic rings. The number of nitrogens with one attached hydrogen (secondary N) is 2. The Bertz CT molecular complexity index is 1670. The van der Waals surface area contributed by atoms with Crippen LogP contribution in [0.4, 0.5) is 9.59 Å². The Hall–Kier alpha value is -6.30. The van der Waals surface area contributed by atoms with Gasteiger partial charge < -0.3 is 20.1 Å². The second kappa shape index (κ2) is 15.4. The van der Waals surface area contributed by atoms with Crippen LogP contribution >= 0.6 is 0 Å². The second-order valence-corrected chi connectivity index (χ2v) is 9.32. The molecule has 12 heteroatoms. The topological polar surface area (TPSA) is 163 Å². The van der Waals surface area contributed by atoms with Crippen molar-refractivity contribution in [1.82, 2.24) is 10.6 Å². The van der Waals surface area contributed by atoms with Crippen molar-refractivity contribution in [1.29, 1.82) is 0 Å². The molecule has 0 spiro atoms. The van der Waals surface area contributed by atoms with Crippen molar-refractivity contribution in [2.45, 2.75) is 13.8 Å². The Morgan fingerprint density at radius 2 is 0.761 bits per heavy atom. The van der Waals surface area contributed by atoms with Crippen LogP contribution in [-0.2, 0) is 9.78 Å². The second-order valence-electron chi connectivity index (χ2n) is 9.32. The summed E-state index contributed by atoms with van der Waals surface area (Å²) in [7, 11) is 0. The SMILES string of the molecule is CCNC(=O)Oc1ccccc1C(=O)c1ccccc1C(=O)OOC(=O)c1ccccc1C(=O)c1ccccc1OC(=O)NCC. The Morgan fingerprint density at radius 1 is 0.457 bits per heavy atom. The van der Waals surface area contributed by atoms with Gasteiger partial charge in [-0.15, -0.1) is 0 Å². The summed E-state index contributed by atoms with van der Waals surface area (Å²) in [4.78, 5) is 86.7. The first-order valence-electron chi connectivity index (χ1n) is 14.0. The first-order valence-corrected chi connectivity index (χ1v) is 14.0. The number of hydrogen-bond acceptors (Lipinski definition) is 10. The molecule has 4 aromatic carbocycles. The first-order chi connectivity index (χ1) is 22.2. The highest BCUT2D eigenvalue weighted by Gasteiger charge is 2.26. The van der Waals surface area contributed by atoms with Crippen LogP contribution in [0, 0.1) is 0 Å². The number of hydrogen-bond donors (Lipinski definition) is 2. The van der Waals surface area contributed by atoms with E-state index in [0.29, 0.717) is 13.1 Å². The lowest BCUT2D eigenvalue weighted by Gasteiger charge is -2.12. The molecule has 0 bridgehead atoms. The lowest BCUT2D eigenvalue weighted by atomic mass is 9.97. The number of carbonyl (C=O) groups excluding carboxylic acids is 6. The van der Waals surface area contributed by atoms with Gasteiger partial charge >= 0.3 is 24.1 Å². The van der Waals surface area contributed by atoms with Crippen molar-refractivity contribution in [3.05, 3.63) is 130 Å². The molecule has 0 aliphatic rings. The van der Waals surface area contributed by atoms with Crippen LogP contribution in [0.3, 0.4) is 0 Å². The van der Waals surface area contributed by atoms with E-state index in [2.05, 4.69) is 10.6 Å². The molecule has 0 radical (unpaired) electrons. The number of rotatable bonds is 10. The zero-order valence-corrected chi connectivity index (χ0v) is 24.7. The number of benzene rings is 4. The smallest absolute Gasteiger partial charge is 0.410 e. The molecule has 0 fully saturated rings. The van der Waals surface area contributed by atoms with Crippen LogP contribution in [-0.4, -0.2) is 48.8 Å². The van der Waals surface area contributed by atoms with Crippen molar-refractivity contribution < 1.29 is 48.0 Å².